The Morgan fingerprint density at radius 1 is 1.33 bits per heavy atom. The van der Waals surface area contributed by atoms with Crippen LogP contribution in [0.25, 0.3) is 0 Å². The fraction of sp³-hybridized carbons (Fsp3) is 0.571. The van der Waals surface area contributed by atoms with Crippen LogP contribution >= 0.6 is 0 Å². The molecule has 0 bridgehead atoms. The first-order valence-corrected chi connectivity index (χ1v) is 7.40. The smallest absolute Gasteiger partial charge is 0.0784 e. The maximum atomic E-state index is 12.3. The largest absolute Gasteiger partial charge is 0.377 e. The van der Waals surface area contributed by atoms with Crippen LogP contribution in [0.5, 0.6) is 0 Å². The van der Waals surface area contributed by atoms with Gasteiger partial charge in [0, 0.05) is 23.8 Å². The van der Waals surface area contributed by atoms with Gasteiger partial charge in [0.25, 0.3) is 0 Å². The monoisotopic (exact) mass is 269 g/mol. The van der Waals surface area contributed by atoms with Gasteiger partial charge < -0.3 is 10.1 Å². The highest BCUT2D eigenvalue weighted by molar-refractivity contribution is 7.85. The first-order chi connectivity index (χ1) is 8.40. The number of benzene rings is 1. The topological polar surface area (TPSA) is 38.3 Å². The van der Waals surface area contributed by atoms with Crippen LogP contribution in [0.3, 0.4) is 0 Å². The van der Waals surface area contributed by atoms with Gasteiger partial charge in [-0.05, 0) is 40.0 Å². The number of hydrogen-bond acceptors (Lipinski definition) is 3. The van der Waals surface area contributed by atoms with Gasteiger partial charge in [0.05, 0.1) is 16.4 Å². The second kappa shape index (κ2) is 6.45. The average molecular weight is 269 g/mol. The molecule has 0 saturated carbocycles. The van der Waals surface area contributed by atoms with Crippen LogP contribution in [0, 0.1) is 6.92 Å². The maximum Gasteiger partial charge on any atom is 0.0784 e. The minimum atomic E-state index is -1.01. The molecule has 1 aromatic rings. The SMILES string of the molecule is CNC(CS(=O)c1ccc(C)cc1)C(C)(C)OC. The van der Waals surface area contributed by atoms with Gasteiger partial charge in [0.15, 0.2) is 0 Å². The lowest BCUT2D eigenvalue weighted by molar-refractivity contribution is -0.00179. The Kier molecular flexibility index (Phi) is 5.50. The number of likely N-dealkylation sites (N-methyl/N-ethyl adjacent to an activating group) is 1. The average Bonchev–Trinajstić information content (AvgIpc) is 2.36. The van der Waals surface area contributed by atoms with E-state index in [9.17, 15) is 4.21 Å². The van der Waals surface area contributed by atoms with Crippen molar-refractivity contribution >= 4 is 10.8 Å². The molecule has 0 amide bonds. The number of aryl methyl sites for hydroxylation is 1. The number of methoxy groups -OCH3 is 1. The molecule has 0 saturated heterocycles. The summed E-state index contributed by atoms with van der Waals surface area (Å²) in [4.78, 5) is 0.868. The van der Waals surface area contributed by atoms with Crippen molar-refractivity contribution in [2.24, 2.45) is 0 Å². The molecule has 0 aliphatic rings. The second-order valence-electron chi connectivity index (χ2n) is 4.97. The summed E-state index contributed by atoms with van der Waals surface area (Å²) in [6.07, 6.45) is 0. The molecule has 2 atom stereocenters. The van der Waals surface area contributed by atoms with E-state index in [0.717, 1.165) is 4.90 Å². The molecule has 0 heterocycles. The van der Waals surface area contributed by atoms with Crippen LogP contribution in [-0.4, -0.2) is 35.8 Å². The molecule has 0 aromatic heterocycles. The summed E-state index contributed by atoms with van der Waals surface area (Å²) in [6, 6.07) is 7.88. The van der Waals surface area contributed by atoms with Gasteiger partial charge in [-0.2, -0.15) is 0 Å². The van der Waals surface area contributed by atoms with Crippen molar-refractivity contribution in [1.29, 1.82) is 0 Å². The van der Waals surface area contributed by atoms with Gasteiger partial charge >= 0.3 is 0 Å². The molecule has 1 N–H and O–H groups in total. The molecular weight excluding hydrogens is 246 g/mol. The van der Waals surface area contributed by atoms with Crippen molar-refractivity contribution in [2.75, 3.05) is 19.9 Å². The summed E-state index contributed by atoms with van der Waals surface area (Å²) >= 11 is 0. The zero-order chi connectivity index (χ0) is 13.8. The summed E-state index contributed by atoms with van der Waals surface area (Å²) in [5, 5.41) is 3.19. The molecule has 0 aliphatic carbocycles. The summed E-state index contributed by atoms with van der Waals surface area (Å²) in [7, 11) is 2.54. The van der Waals surface area contributed by atoms with E-state index in [4.69, 9.17) is 4.74 Å². The van der Waals surface area contributed by atoms with Gasteiger partial charge in [-0.1, -0.05) is 17.7 Å². The first-order valence-electron chi connectivity index (χ1n) is 6.08. The van der Waals surface area contributed by atoms with E-state index >= 15 is 0 Å². The second-order valence-corrected chi connectivity index (χ2v) is 6.47. The minimum Gasteiger partial charge on any atom is -0.377 e. The molecule has 1 aromatic carbocycles. The zero-order valence-corrected chi connectivity index (χ0v) is 12.6. The molecule has 0 aliphatic heterocycles. The highest BCUT2D eigenvalue weighted by Crippen LogP contribution is 2.17. The summed E-state index contributed by atoms with van der Waals surface area (Å²) in [5.74, 6) is 0.542. The van der Waals surface area contributed by atoms with E-state index in [2.05, 4.69) is 5.32 Å². The van der Waals surface area contributed by atoms with Gasteiger partial charge in [0.1, 0.15) is 0 Å². The Bertz CT molecular complexity index is 401. The quantitative estimate of drug-likeness (QED) is 0.859. The molecule has 102 valence electrons. The molecule has 0 radical (unpaired) electrons. The Morgan fingerprint density at radius 2 is 1.89 bits per heavy atom. The summed E-state index contributed by atoms with van der Waals surface area (Å²) in [5.41, 5.74) is 0.841. The molecular formula is C14H23NO2S. The van der Waals surface area contributed by atoms with Crippen LogP contribution in [0.4, 0.5) is 0 Å². The third-order valence-electron chi connectivity index (χ3n) is 3.32. The lowest BCUT2D eigenvalue weighted by Gasteiger charge is -2.32. The van der Waals surface area contributed by atoms with Gasteiger partial charge in [-0.3, -0.25) is 4.21 Å². The van der Waals surface area contributed by atoms with Crippen molar-refractivity contribution in [3.8, 4) is 0 Å². The van der Waals surface area contributed by atoms with Gasteiger partial charge in [-0.25, -0.2) is 0 Å². The van der Waals surface area contributed by atoms with Crippen LogP contribution in [0.2, 0.25) is 0 Å². The summed E-state index contributed by atoms with van der Waals surface area (Å²) in [6.45, 7) is 6.03. The fourth-order valence-electron chi connectivity index (χ4n) is 1.71. The molecule has 2 unspecified atom stereocenters. The summed E-state index contributed by atoms with van der Waals surface area (Å²) < 4.78 is 17.8. The van der Waals surface area contributed by atoms with Gasteiger partial charge in [0.2, 0.25) is 0 Å². The fourth-order valence-corrected chi connectivity index (χ4v) is 3.21. The third kappa shape index (κ3) is 3.90. The molecule has 1 rings (SSSR count). The normalized spacial score (nSPS) is 15.4. The van der Waals surface area contributed by atoms with Gasteiger partial charge in [-0.15, -0.1) is 0 Å². The van der Waals surface area contributed by atoms with Crippen molar-refractivity contribution in [3.05, 3.63) is 29.8 Å². The van der Waals surface area contributed by atoms with E-state index in [0.29, 0.717) is 5.75 Å². The van der Waals surface area contributed by atoms with Crippen LogP contribution in [0.1, 0.15) is 19.4 Å². The molecule has 4 heteroatoms. The zero-order valence-electron chi connectivity index (χ0n) is 11.8. The minimum absolute atomic E-state index is 0.0460. The third-order valence-corrected chi connectivity index (χ3v) is 4.75. The van der Waals surface area contributed by atoms with Crippen molar-refractivity contribution in [2.45, 2.75) is 37.3 Å². The Balaban J connectivity index is 2.77. The van der Waals surface area contributed by atoms with Crippen molar-refractivity contribution in [1.82, 2.24) is 5.32 Å². The Labute approximate surface area is 112 Å². The predicted octanol–water partition coefficient (Wildman–Crippen LogP) is 2.12. The standard InChI is InChI=1S/C14H23NO2S/c1-11-6-8-12(9-7-11)18(16)10-13(15-4)14(2,3)17-5/h6-9,13,15H,10H2,1-5H3. The lowest BCUT2D eigenvalue weighted by atomic mass is 10.0. The number of rotatable bonds is 6. The molecule has 18 heavy (non-hydrogen) atoms. The highest BCUT2D eigenvalue weighted by atomic mass is 32.2. The number of ether oxygens (including phenoxy) is 1. The molecule has 0 spiro atoms. The number of nitrogens with one attached hydrogen (secondary N) is 1. The van der Waals surface area contributed by atoms with E-state index in [1.807, 2.05) is 52.1 Å². The first kappa shape index (κ1) is 15.3. The molecule has 0 fully saturated rings. The van der Waals surface area contributed by atoms with E-state index in [1.165, 1.54) is 5.56 Å². The van der Waals surface area contributed by atoms with Crippen LogP contribution < -0.4 is 5.32 Å². The maximum absolute atomic E-state index is 12.3. The lowest BCUT2D eigenvalue weighted by Crippen LogP contribution is -2.49. The van der Waals surface area contributed by atoms with E-state index in [1.54, 1.807) is 7.11 Å². The predicted molar refractivity (Wildman–Crippen MR) is 76.4 cm³/mol. The highest BCUT2D eigenvalue weighted by Gasteiger charge is 2.29. The Morgan fingerprint density at radius 3 is 2.33 bits per heavy atom. The van der Waals surface area contributed by atoms with E-state index in [-0.39, 0.29) is 11.6 Å². The van der Waals surface area contributed by atoms with E-state index < -0.39 is 10.8 Å². The Hall–Kier alpha value is -0.710. The van der Waals surface area contributed by atoms with Crippen LogP contribution in [-0.2, 0) is 15.5 Å². The number of hydrogen-bond donors (Lipinski definition) is 1. The van der Waals surface area contributed by atoms with Crippen molar-refractivity contribution < 1.29 is 8.95 Å². The van der Waals surface area contributed by atoms with Crippen LogP contribution in [0.15, 0.2) is 29.2 Å². The molecule has 3 nitrogen and oxygen atoms in total. The van der Waals surface area contributed by atoms with Crippen molar-refractivity contribution in [3.63, 3.8) is 0 Å².